The summed E-state index contributed by atoms with van der Waals surface area (Å²) in [7, 11) is 0. The average Bonchev–Trinajstić information content (AvgIpc) is 2.85. The molecule has 0 radical (unpaired) electrons. The second kappa shape index (κ2) is 4.08. The Hall–Kier alpha value is -2.37. The first kappa shape index (κ1) is 11.7. The van der Waals surface area contributed by atoms with E-state index in [1.165, 1.54) is 6.20 Å². The molecule has 96 valence electrons. The lowest BCUT2D eigenvalue weighted by molar-refractivity contribution is -0.137. The maximum atomic E-state index is 12.6. The molecule has 0 amide bonds. The third-order valence-corrected chi connectivity index (χ3v) is 2.79. The van der Waals surface area contributed by atoms with Crippen molar-refractivity contribution in [1.82, 2.24) is 14.4 Å². The maximum absolute atomic E-state index is 12.6. The highest BCUT2D eigenvalue weighted by Gasteiger charge is 2.31. The van der Waals surface area contributed by atoms with Gasteiger partial charge in [0, 0.05) is 42.1 Å². The molecule has 0 saturated heterocycles. The summed E-state index contributed by atoms with van der Waals surface area (Å²) in [5.41, 5.74) is 1.06. The summed E-state index contributed by atoms with van der Waals surface area (Å²) in [6.07, 6.45) is 2.93. The number of pyridine rings is 2. The van der Waals surface area contributed by atoms with Crippen molar-refractivity contribution < 1.29 is 13.2 Å². The molecule has 3 aromatic rings. The van der Waals surface area contributed by atoms with Gasteiger partial charge in [0.1, 0.15) is 5.65 Å². The molecule has 3 nitrogen and oxygen atoms in total. The van der Waals surface area contributed by atoms with Gasteiger partial charge in [-0.2, -0.15) is 13.2 Å². The largest absolute Gasteiger partial charge is 0.417 e. The summed E-state index contributed by atoms with van der Waals surface area (Å²) in [5.74, 6) is 0. The number of fused-ring (bicyclic) bond motifs is 1. The molecule has 19 heavy (non-hydrogen) atoms. The monoisotopic (exact) mass is 263 g/mol. The van der Waals surface area contributed by atoms with Crippen LogP contribution >= 0.6 is 0 Å². The smallest absolute Gasteiger partial charge is 0.306 e. The van der Waals surface area contributed by atoms with E-state index in [0.29, 0.717) is 11.1 Å². The van der Waals surface area contributed by atoms with E-state index < -0.39 is 11.7 Å². The molecule has 0 spiro atoms. The molecule has 6 heteroatoms. The second-order valence-electron chi connectivity index (χ2n) is 4.07. The van der Waals surface area contributed by atoms with E-state index in [1.807, 2.05) is 0 Å². The number of rotatable bonds is 1. The fourth-order valence-electron chi connectivity index (χ4n) is 1.84. The second-order valence-corrected chi connectivity index (χ2v) is 4.07. The van der Waals surface area contributed by atoms with Gasteiger partial charge in [0.15, 0.2) is 0 Å². The van der Waals surface area contributed by atoms with Crippen LogP contribution in [0.5, 0.6) is 0 Å². The summed E-state index contributed by atoms with van der Waals surface area (Å²) in [6, 6.07) is 4.56. The first-order valence-corrected chi connectivity index (χ1v) is 5.49. The minimum absolute atomic E-state index is 0.422. The predicted octanol–water partition coefficient (Wildman–Crippen LogP) is 3.42. The van der Waals surface area contributed by atoms with Crippen LogP contribution in [0, 0.1) is 0 Å². The Kier molecular flexibility index (Phi) is 2.51. The van der Waals surface area contributed by atoms with Gasteiger partial charge in [-0.15, -0.1) is 0 Å². The molecule has 0 atom stereocenters. The van der Waals surface area contributed by atoms with Crippen LogP contribution < -0.4 is 0 Å². The summed E-state index contributed by atoms with van der Waals surface area (Å²) in [6.45, 7) is 0. The molecule has 0 fully saturated rings. The van der Waals surface area contributed by atoms with E-state index in [1.54, 1.807) is 35.1 Å². The van der Waals surface area contributed by atoms with E-state index in [4.69, 9.17) is 0 Å². The van der Waals surface area contributed by atoms with Crippen LogP contribution in [-0.4, -0.2) is 14.4 Å². The average molecular weight is 263 g/mol. The molecule has 0 bridgehead atoms. The van der Waals surface area contributed by atoms with E-state index in [9.17, 15) is 13.2 Å². The maximum Gasteiger partial charge on any atom is 0.417 e. The lowest BCUT2D eigenvalue weighted by Crippen LogP contribution is -2.05. The van der Waals surface area contributed by atoms with Gasteiger partial charge in [-0.25, -0.2) is 4.98 Å². The van der Waals surface area contributed by atoms with Crippen molar-refractivity contribution in [2.24, 2.45) is 0 Å². The Morgan fingerprint density at radius 3 is 2.68 bits per heavy atom. The first-order valence-electron chi connectivity index (χ1n) is 5.49. The highest BCUT2D eigenvalue weighted by atomic mass is 19.4. The van der Waals surface area contributed by atoms with E-state index in [-0.39, 0.29) is 0 Å². The fourth-order valence-corrected chi connectivity index (χ4v) is 1.84. The standard InChI is InChI=1S/C13H8F3N3/c14-13(15,16)11-5-10(6-17-7-11)9-1-2-12-18-3-4-19(12)8-9/h1-8H. The van der Waals surface area contributed by atoms with Gasteiger partial charge in [-0.3, -0.25) is 4.98 Å². The first-order chi connectivity index (χ1) is 9.04. The van der Waals surface area contributed by atoms with E-state index in [0.717, 1.165) is 17.9 Å². The molecule has 0 unspecified atom stereocenters. The number of alkyl halides is 3. The Morgan fingerprint density at radius 2 is 1.89 bits per heavy atom. The third-order valence-electron chi connectivity index (χ3n) is 2.79. The molecular formula is C13H8F3N3. The molecule has 0 aromatic carbocycles. The van der Waals surface area contributed by atoms with Crippen LogP contribution in [0.2, 0.25) is 0 Å². The number of hydrogen-bond donors (Lipinski definition) is 0. The van der Waals surface area contributed by atoms with Crippen molar-refractivity contribution in [2.75, 3.05) is 0 Å². The summed E-state index contributed by atoms with van der Waals surface area (Å²) < 4.78 is 39.6. The Bertz CT molecular complexity index is 731. The Labute approximate surface area is 106 Å². The van der Waals surface area contributed by atoms with Crippen molar-refractivity contribution in [2.45, 2.75) is 6.18 Å². The van der Waals surface area contributed by atoms with E-state index in [2.05, 4.69) is 9.97 Å². The van der Waals surface area contributed by atoms with Crippen molar-refractivity contribution in [3.8, 4) is 11.1 Å². The van der Waals surface area contributed by atoms with Gasteiger partial charge in [0.25, 0.3) is 0 Å². The molecule has 3 heterocycles. The van der Waals surface area contributed by atoms with Crippen molar-refractivity contribution in [3.63, 3.8) is 0 Å². The lowest BCUT2D eigenvalue weighted by atomic mass is 10.1. The summed E-state index contributed by atoms with van der Waals surface area (Å²) >= 11 is 0. The summed E-state index contributed by atoms with van der Waals surface area (Å²) in [4.78, 5) is 7.73. The van der Waals surface area contributed by atoms with Gasteiger partial charge >= 0.3 is 6.18 Å². The minimum atomic E-state index is -4.39. The van der Waals surface area contributed by atoms with Crippen LogP contribution in [-0.2, 0) is 6.18 Å². The Balaban J connectivity index is 2.10. The number of aromatic nitrogens is 3. The SMILES string of the molecule is FC(F)(F)c1cncc(-c2ccc3nccn3c2)c1. The predicted molar refractivity (Wildman–Crippen MR) is 63.4 cm³/mol. The third kappa shape index (κ3) is 2.16. The van der Waals surface area contributed by atoms with Gasteiger partial charge in [0.05, 0.1) is 5.56 Å². The lowest BCUT2D eigenvalue weighted by Gasteiger charge is -2.08. The molecular weight excluding hydrogens is 255 g/mol. The van der Waals surface area contributed by atoms with Gasteiger partial charge in [-0.1, -0.05) is 0 Å². The highest BCUT2D eigenvalue weighted by molar-refractivity contribution is 5.64. The topological polar surface area (TPSA) is 30.2 Å². The molecule has 0 aliphatic heterocycles. The molecule has 0 aliphatic carbocycles. The van der Waals surface area contributed by atoms with Crippen molar-refractivity contribution >= 4 is 5.65 Å². The molecule has 3 aromatic heterocycles. The van der Waals surface area contributed by atoms with Gasteiger partial charge in [-0.05, 0) is 18.2 Å². The Morgan fingerprint density at radius 1 is 1.05 bits per heavy atom. The van der Waals surface area contributed by atoms with Crippen molar-refractivity contribution in [3.05, 3.63) is 54.7 Å². The van der Waals surface area contributed by atoms with Crippen LogP contribution in [0.1, 0.15) is 5.56 Å². The molecule has 0 saturated carbocycles. The zero-order chi connectivity index (χ0) is 13.5. The van der Waals surface area contributed by atoms with Crippen molar-refractivity contribution in [1.29, 1.82) is 0 Å². The summed E-state index contributed by atoms with van der Waals surface area (Å²) in [5, 5.41) is 0. The van der Waals surface area contributed by atoms with E-state index >= 15 is 0 Å². The molecule has 0 N–H and O–H groups in total. The van der Waals surface area contributed by atoms with Crippen LogP contribution in [0.15, 0.2) is 49.2 Å². The molecule has 3 rings (SSSR count). The van der Waals surface area contributed by atoms with Crippen LogP contribution in [0.25, 0.3) is 16.8 Å². The van der Waals surface area contributed by atoms with Crippen LogP contribution in [0.4, 0.5) is 13.2 Å². The normalized spacial score (nSPS) is 11.9. The number of hydrogen-bond acceptors (Lipinski definition) is 2. The number of nitrogens with zero attached hydrogens (tertiary/aromatic N) is 3. The number of imidazole rings is 1. The minimum Gasteiger partial charge on any atom is -0.306 e. The van der Waals surface area contributed by atoms with Crippen LogP contribution in [0.3, 0.4) is 0 Å². The van der Waals surface area contributed by atoms with Gasteiger partial charge in [0.2, 0.25) is 0 Å². The molecule has 0 aliphatic rings. The highest BCUT2D eigenvalue weighted by Crippen LogP contribution is 2.31. The zero-order valence-corrected chi connectivity index (χ0v) is 9.59. The van der Waals surface area contributed by atoms with Gasteiger partial charge < -0.3 is 4.40 Å². The quantitative estimate of drug-likeness (QED) is 0.673. The zero-order valence-electron chi connectivity index (χ0n) is 9.59. The number of halogens is 3. The fraction of sp³-hybridized carbons (Fsp3) is 0.0769.